The smallest absolute Gasteiger partial charge is 0.279 e. The third-order valence-corrected chi connectivity index (χ3v) is 3.49. The van der Waals surface area contributed by atoms with E-state index in [2.05, 4.69) is 15.0 Å². The Morgan fingerprint density at radius 2 is 2.41 bits per heavy atom. The Hall–Kier alpha value is -1.95. The van der Waals surface area contributed by atoms with Crippen LogP contribution in [0, 0.1) is 6.92 Å². The number of rotatable bonds is 2. The lowest BCUT2D eigenvalue weighted by Crippen LogP contribution is -2.24. The van der Waals surface area contributed by atoms with E-state index in [1.807, 2.05) is 24.4 Å². The first-order valence-corrected chi connectivity index (χ1v) is 6.06. The van der Waals surface area contributed by atoms with Gasteiger partial charge in [-0.2, -0.15) is 0 Å². The van der Waals surface area contributed by atoms with Crippen molar-refractivity contribution >= 4 is 22.5 Å². The molecule has 0 atom stereocenters. The van der Waals surface area contributed by atoms with Gasteiger partial charge in [0.15, 0.2) is 11.2 Å². The first-order valence-electron chi connectivity index (χ1n) is 5.18. The number of nitrogens with zero attached hydrogens (tertiary/aromatic N) is 3. The molecule has 3 aromatic heterocycles. The van der Waals surface area contributed by atoms with Gasteiger partial charge in [0.25, 0.3) is 5.56 Å². The maximum absolute atomic E-state index is 12.2. The summed E-state index contributed by atoms with van der Waals surface area (Å²) in [5.74, 6) is 0.683. The Morgan fingerprint density at radius 1 is 1.53 bits per heavy atom. The Bertz CT molecular complexity index is 711. The number of imidazole rings is 1. The molecule has 3 rings (SSSR count). The number of H-pyrrole nitrogens is 1. The number of fused-ring (bicyclic) bond motifs is 1. The zero-order chi connectivity index (χ0) is 11.8. The van der Waals surface area contributed by atoms with E-state index >= 15 is 0 Å². The van der Waals surface area contributed by atoms with Crippen LogP contribution in [0.3, 0.4) is 0 Å². The summed E-state index contributed by atoms with van der Waals surface area (Å²) in [4.78, 5) is 24.5. The second-order valence-electron chi connectivity index (χ2n) is 3.73. The minimum absolute atomic E-state index is 0.0709. The zero-order valence-electron chi connectivity index (χ0n) is 9.17. The van der Waals surface area contributed by atoms with Crippen molar-refractivity contribution in [1.82, 2.24) is 19.5 Å². The molecule has 0 aliphatic heterocycles. The largest absolute Gasteiger partial charge is 0.339 e. The van der Waals surface area contributed by atoms with E-state index < -0.39 is 0 Å². The predicted octanol–water partition coefficient (Wildman–Crippen LogP) is 1.54. The number of thiophene rings is 1. The molecule has 0 saturated carbocycles. The molecule has 0 radical (unpaired) electrons. The molecular weight excluding hydrogens is 236 g/mol. The molecule has 0 fully saturated rings. The minimum atomic E-state index is -0.0709. The van der Waals surface area contributed by atoms with E-state index in [0.717, 1.165) is 4.88 Å². The molecule has 0 bridgehead atoms. The SMILES string of the molecule is Cc1nc2nc[nH]c2c(=O)n1Cc1cccs1. The Morgan fingerprint density at radius 3 is 3.18 bits per heavy atom. The lowest BCUT2D eigenvalue weighted by atomic mass is 10.4. The van der Waals surface area contributed by atoms with E-state index in [1.54, 1.807) is 15.9 Å². The van der Waals surface area contributed by atoms with E-state index in [0.29, 0.717) is 23.5 Å². The van der Waals surface area contributed by atoms with E-state index in [9.17, 15) is 4.79 Å². The van der Waals surface area contributed by atoms with Crippen LogP contribution in [0.1, 0.15) is 10.7 Å². The third-order valence-electron chi connectivity index (χ3n) is 2.63. The fourth-order valence-corrected chi connectivity index (χ4v) is 2.46. The molecule has 1 N–H and O–H groups in total. The normalized spacial score (nSPS) is 11.1. The first kappa shape index (κ1) is 10.2. The highest BCUT2D eigenvalue weighted by atomic mass is 32.1. The molecule has 0 unspecified atom stereocenters. The lowest BCUT2D eigenvalue weighted by molar-refractivity contribution is 0.719. The molecule has 3 aromatic rings. The summed E-state index contributed by atoms with van der Waals surface area (Å²) in [5.41, 5.74) is 0.875. The van der Waals surface area contributed by atoms with E-state index in [1.165, 1.54) is 6.33 Å². The number of aromatic nitrogens is 4. The van der Waals surface area contributed by atoms with Gasteiger partial charge in [0.1, 0.15) is 5.82 Å². The predicted molar refractivity (Wildman–Crippen MR) is 66.3 cm³/mol. The standard InChI is InChI=1S/C11H10N4OS/c1-7-14-10-9(12-6-13-10)11(16)15(7)5-8-3-2-4-17-8/h2-4,6H,5H2,1H3,(H,12,13). The second kappa shape index (κ2) is 3.81. The summed E-state index contributed by atoms with van der Waals surface area (Å²) in [7, 11) is 0. The van der Waals surface area contributed by atoms with Crippen LogP contribution in [-0.2, 0) is 6.54 Å². The van der Waals surface area contributed by atoms with Crippen LogP contribution in [0.2, 0.25) is 0 Å². The van der Waals surface area contributed by atoms with Crippen LogP contribution in [0.5, 0.6) is 0 Å². The molecule has 5 nitrogen and oxygen atoms in total. The van der Waals surface area contributed by atoms with Crippen molar-refractivity contribution in [3.05, 3.63) is 44.9 Å². The van der Waals surface area contributed by atoms with Crippen LogP contribution in [-0.4, -0.2) is 19.5 Å². The zero-order valence-corrected chi connectivity index (χ0v) is 9.99. The van der Waals surface area contributed by atoms with E-state index in [-0.39, 0.29) is 5.56 Å². The first-order chi connectivity index (χ1) is 8.25. The van der Waals surface area contributed by atoms with Crippen molar-refractivity contribution < 1.29 is 0 Å². The van der Waals surface area contributed by atoms with Crippen LogP contribution in [0.25, 0.3) is 11.2 Å². The van der Waals surface area contributed by atoms with Crippen LogP contribution >= 0.6 is 11.3 Å². The summed E-state index contributed by atoms with van der Waals surface area (Å²) in [5, 5.41) is 2.00. The number of nitrogens with one attached hydrogen (secondary N) is 1. The van der Waals surface area contributed by atoms with Crippen molar-refractivity contribution in [2.75, 3.05) is 0 Å². The van der Waals surface area contributed by atoms with Gasteiger partial charge in [-0.25, -0.2) is 9.97 Å². The topological polar surface area (TPSA) is 63.6 Å². The van der Waals surface area contributed by atoms with Gasteiger partial charge in [0, 0.05) is 4.88 Å². The highest BCUT2D eigenvalue weighted by Crippen LogP contribution is 2.11. The monoisotopic (exact) mass is 246 g/mol. The number of hydrogen-bond acceptors (Lipinski definition) is 4. The van der Waals surface area contributed by atoms with Crippen LogP contribution < -0.4 is 5.56 Å². The molecule has 0 aliphatic rings. The van der Waals surface area contributed by atoms with Crippen LogP contribution in [0.15, 0.2) is 28.6 Å². The quantitative estimate of drug-likeness (QED) is 0.746. The summed E-state index contributed by atoms with van der Waals surface area (Å²) in [6.07, 6.45) is 1.49. The molecule has 0 saturated heterocycles. The van der Waals surface area contributed by atoms with Gasteiger partial charge in [0.2, 0.25) is 0 Å². The summed E-state index contributed by atoms with van der Waals surface area (Å²) < 4.78 is 1.66. The number of aryl methyl sites for hydroxylation is 1. The van der Waals surface area contributed by atoms with Gasteiger partial charge in [0.05, 0.1) is 12.9 Å². The molecule has 0 spiro atoms. The van der Waals surface area contributed by atoms with Gasteiger partial charge in [-0.15, -0.1) is 11.3 Å². The number of aromatic amines is 1. The highest BCUT2D eigenvalue weighted by Gasteiger charge is 2.10. The molecule has 3 heterocycles. The molecule has 17 heavy (non-hydrogen) atoms. The van der Waals surface area contributed by atoms with E-state index in [4.69, 9.17) is 0 Å². The molecular formula is C11H10N4OS. The Balaban J connectivity index is 2.18. The summed E-state index contributed by atoms with van der Waals surface area (Å²) in [6.45, 7) is 2.38. The summed E-state index contributed by atoms with van der Waals surface area (Å²) >= 11 is 1.63. The molecule has 86 valence electrons. The van der Waals surface area contributed by atoms with Crippen molar-refractivity contribution in [3.8, 4) is 0 Å². The number of hydrogen-bond donors (Lipinski definition) is 1. The molecule has 6 heteroatoms. The lowest BCUT2D eigenvalue weighted by Gasteiger charge is -2.07. The molecule has 0 aliphatic carbocycles. The average Bonchev–Trinajstić information content (AvgIpc) is 2.94. The van der Waals surface area contributed by atoms with Gasteiger partial charge in [-0.05, 0) is 18.4 Å². The average molecular weight is 246 g/mol. The van der Waals surface area contributed by atoms with Crippen molar-refractivity contribution in [1.29, 1.82) is 0 Å². The fourth-order valence-electron chi connectivity index (χ4n) is 1.77. The van der Waals surface area contributed by atoms with Crippen molar-refractivity contribution in [3.63, 3.8) is 0 Å². The highest BCUT2D eigenvalue weighted by molar-refractivity contribution is 7.09. The third kappa shape index (κ3) is 1.66. The van der Waals surface area contributed by atoms with Crippen LogP contribution in [0.4, 0.5) is 0 Å². The van der Waals surface area contributed by atoms with Gasteiger partial charge in [-0.3, -0.25) is 9.36 Å². The Kier molecular flexibility index (Phi) is 2.29. The van der Waals surface area contributed by atoms with Crippen molar-refractivity contribution in [2.45, 2.75) is 13.5 Å². The van der Waals surface area contributed by atoms with Gasteiger partial charge < -0.3 is 4.98 Å². The molecule has 0 aromatic carbocycles. The summed E-state index contributed by atoms with van der Waals surface area (Å²) in [6, 6.07) is 3.98. The minimum Gasteiger partial charge on any atom is -0.339 e. The fraction of sp³-hybridized carbons (Fsp3) is 0.182. The maximum Gasteiger partial charge on any atom is 0.279 e. The Labute approximate surface area is 101 Å². The molecule has 0 amide bonds. The van der Waals surface area contributed by atoms with Crippen molar-refractivity contribution in [2.24, 2.45) is 0 Å². The van der Waals surface area contributed by atoms with Gasteiger partial charge >= 0.3 is 0 Å². The second-order valence-corrected chi connectivity index (χ2v) is 4.76. The van der Waals surface area contributed by atoms with Gasteiger partial charge in [-0.1, -0.05) is 6.07 Å². The maximum atomic E-state index is 12.2.